The maximum Gasteiger partial charge on any atom is 0.0946 e. The minimum absolute atomic E-state index is 0.322. The van der Waals surface area contributed by atoms with Gasteiger partial charge in [-0.15, -0.1) is 11.8 Å². The SMILES string of the molecule is Cc1ccc(SC(Cn2ccnc2)c2cccc3ccccc23)cc1. The molecule has 0 amide bonds. The smallest absolute Gasteiger partial charge is 0.0946 e. The van der Waals surface area contributed by atoms with E-state index in [0.29, 0.717) is 5.25 Å². The van der Waals surface area contributed by atoms with Crippen LogP contribution >= 0.6 is 11.8 Å². The molecule has 0 bridgehead atoms. The van der Waals surface area contributed by atoms with Gasteiger partial charge in [0.1, 0.15) is 0 Å². The van der Waals surface area contributed by atoms with Crippen molar-refractivity contribution in [2.45, 2.75) is 23.6 Å². The molecule has 0 radical (unpaired) electrons. The molecular weight excluding hydrogens is 324 g/mol. The summed E-state index contributed by atoms with van der Waals surface area (Å²) in [5.74, 6) is 0. The molecule has 0 aliphatic rings. The van der Waals surface area contributed by atoms with Crippen LogP contribution in [0.4, 0.5) is 0 Å². The molecule has 0 aliphatic heterocycles. The van der Waals surface area contributed by atoms with Crippen LogP contribution < -0.4 is 0 Å². The van der Waals surface area contributed by atoms with Gasteiger partial charge in [-0.2, -0.15) is 0 Å². The Balaban J connectivity index is 1.74. The molecule has 124 valence electrons. The second-order valence-electron chi connectivity index (χ2n) is 6.25. The van der Waals surface area contributed by atoms with E-state index in [0.717, 1.165) is 6.54 Å². The second-order valence-corrected chi connectivity index (χ2v) is 7.52. The van der Waals surface area contributed by atoms with Crippen LogP contribution in [-0.2, 0) is 6.54 Å². The fourth-order valence-electron chi connectivity index (χ4n) is 3.10. The first kappa shape index (κ1) is 16.0. The van der Waals surface area contributed by atoms with Crippen molar-refractivity contribution in [3.8, 4) is 0 Å². The van der Waals surface area contributed by atoms with E-state index in [9.17, 15) is 0 Å². The number of imidazole rings is 1. The van der Waals surface area contributed by atoms with Crippen molar-refractivity contribution in [1.29, 1.82) is 0 Å². The average Bonchev–Trinajstić information content (AvgIpc) is 3.16. The molecule has 4 aromatic rings. The minimum atomic E-state index is 0.322. The first-order valence-electron chi connectivity index (χ1n) is 8.46. The Hall–Kier alpha value is -2.52. The average molecular weight is 344 g/mol. The van der Waals surface area contributed by atoms with Crippen molar-refractivity contribution in [2.75, 3.05) is 0 Å². The maximum absolute atomic E-state index is 4.20. The van der Waals surface area contributed by atoms with E-state index in [1.807, 2.05) is 30.5 Å². The van der Waals surface area contributed by atoms with Crippen LogP contribution in [0.5, 0.6) is 0 Å². The van der Waals surface area contributed by atoms with Crippen LogP contribution in [0.1, 0.15) is 16.4 Å². The standard InChI is InChI=1S/C22H20N2S/c1-17-9-11-19(12-10-17)25-22(15-24-14-13-23-16-24)21-8-4-6-18-5-2-3-7-20(18)21/h2-14,16,22H,15H2,1H3. The summed E-state index contributed by atoms with van der Waals surface area (Å²) in [4.78, 5) is 5.50. The van der Waals surface area contributed by atoms with Crippen molar-refractivity contribution in [1.82, 2.24) is 9.55 Å². The van der Waals surface area contributed by atoms with Gasteiger partial charge < -0.3 is 4.57 Å². The number of aromatic nitrogens is 2. The largest absolute Gasteiger partial charge is 0.336 e. The van der Waals surface area contributed by atoms with E-state index in [-0.39, 0.29) is 0 Å². The molecule has 3 aromatic carbocycles. The summed E-state index contributed by atoms with van der Waals surface area (Å²) >= 11 is 1.91. The number of fused-ring (bicyclic) bond motifs is 1. The van der Waals surface area contributed by atoms with Gasteiger partial charge in [0.2, 0.25) is 0 Å². The van der Waals surface area contributed by atoms with Crippen molar-refractivity contribution < 1.29 is 0 Å². The van der Waals surface area contributed by atoms with E-state index in [1.54, 1.807) is 0 Å². The Morgan fingerprint density at radius 3 is 2.56 bits per heavy atom. The fourth-order valence-corrected chi connectivity index (χ4v) is 4.30. The van der Waals surface area contributed by atoms with E-state index in [4.69, 9.17) is 0 Å². The quantitative estimate of drug-likeness (QED) is 0.421. The highest BCUT2D eigenvalue weighted by Crippen LogP contribution is 2.39. The van der Waals surface area contributed by atoms with Gasteiger partial charge in [-0.3, -0.25) is 0 Å². The van der Waals surface area contributed by atoms with Crippen LogP contribution in [0.25, 0.3) is 10.8 Å². The Labute approximate surface area is 152 Å². The number of benzene rings is 3. The Morgan fingerprint density at radius 2 is 1.76 bits per heavy atom. The molecule has 0 spiro atoms. The molecule has 0 N–H and O–H groups in total. The number of hydrogen-bond donors (Lipinski definition) is 0. The minimum Gasteiger partial charge on any atom is -0.336 e. The Bertz CT molecular complexity index is 954. The Kier molecular flexibility index (Phi) is 4.57. The van der Waals surface area contributed by atoms with E-state index >= 15 is 0 Å². The molecular formula is C22H20N2S. The lowest BCUT2D eigenvalue weighted by Crippen LogP contribution is -2.05. The highest BCUT2D eigenvalue weighted by atomic mass is 32.2. The van der Waals surface area contributed by atoms with Crippen LogP contribution in [-0.4, -0.2) is 9.55 Å². The molecule has 1 unspecified atom stereocenters. The van der Waals surface area contributed by atoms with Crippen LogP contribution in [0.2, 0.25) is 0 Å². The number of thioether (sulfide) groups is 1. The molecule has 1 heterocycles. The van der Waals surface area contributed by atoms with Crippen LogP contribution in [0, 0.1) is 6.92 Å². The van der Waals surface area contributed by atoms with Crippen molar-refractivity contribution >= 4 is 22.5 Å². The predicted molar refractivity (Wildman–Crippen MR) is 106 cm³/mol. The molecule has 2 nitrogen and oxygen atoms in total. The van der Waals surface area contributed by atoms with Gasteiger partial charge in [0.05, 0.1) is 11.6 Å². The first-order valence-corrected chi connectivity index (χ1v) is 9.34. The normalized spacial score (nSPS) is 12.4. The number of aryl methyl sites for hydroxylation is 1. The number of nitrogens with zero attached hydrogens (tertiary/aromatic N) is 2. The third-order valence-electron chi connectivity index (χ3n) is 4.41. The lowest BCUT2D eigenvalue weighted by Gasteiger charge is -2.20. The molecule has 25 heavy (non-hydrogen) atoms. The second kappa shape index (κ2) is 7.16. The third-order valence-corrected chi connectivity index (χ3v) is 5.64. The van der Waals surface area contributed by atoms with Crippen molar-refractivity contribution in [3.63, 3.8) is 0 Å². The monoisotopic (exact) mass is 344 g/mol. The van der Waals surface area contributed by atoms with Gasteiger partial charge in [-0.1, -0.05) is 60.2 Å². The third kappa shape index (κ3) is 3.62. The predicted octanol–water partition coefficient (Wildman–Crippen LogP) is 5.88. The first-order chi connectivity index (χ1) is 12.3. The highest BCUT2D eigenvalue weighted by Gasteiger charge is 2.16. The van der Waals surface area contributed by atoms with E-state index in [2.05, 4.69) is 83.2 Å². The zero-order valence-corrected chi connectivity index (χ0v) is 15.0. The molecule has 1 atom stereocenters. The van der Waals surface area contributed by atoms with Crippen molar-refractivity contribution in [2.24, 2.45) is 0 Å². The summed E-state index contributed by atoms with van der Waals surface area (Å²) in [7, 11) is 0. The summed E-state index contributed by atoms with van der Waals surface area (Å²) in [6, 6.07) is 24.0. The molecule has 0 aliphatic carbocycles. The van der Waals surface area contributed by atoms with Crippen LogP contribution in [0.15, 0.2) is 90.3 Å². The molecule has 3 heteroatoms. The number of hydrogen-bond acceptors (Lipinski definition) is 2. The molecule has 0 saturated heterocycles. The van der Waals surface area contributed by atoms with Gasteiger partial charge in [-0.25, -0.2) is 4.98 Å². The molecule has 1 aromatic heterocycles. The van der Waals surface area contributed by atoms with Gasteiger partial charge >= 0.3 is 0 Å². The van der Waals surface area contributed by atoms with Gasteiger partial charge in [-0.05, 0) is 35.4 Å². The van der Waals surface area contributed by atoms with Gasteiger partial charge in [0.15, 0.2) is 0 Å². The Morgan fingerprint density at radius 1 is 0.960 bits per heavy atom. The van der Waals surface area contributed by atoms with E-state index in [1.165, 1.54) is 26.8 Å². The number of rotatable bonds is 5. The fraction of sp³-hybridized carbons (Fsp3) is 0.136. The van der Waals surface area contributed by atoms with Crippen molar-refractivity contribution in [3.05, 3.63) is 96.6 Å². The summed E-state index contributed by atoms with van der Waals surface area (Å²) in [6.45, 7) is 3.02. The lowest BCUT2D eigenvalue weighted by molar-refractivity contribution is 0.686. The zero-order valence-electron chi connectivity index (χ0n) is 14.2. The zero-order chi connectivity index (χ0) is 17.1. The summed E-state index contributed by atoms with van der Waals surface area (Å²) in [5.41, 5.74) is 2.66. The van der Waals surface area contributed by atoms with Gasteiger partial charge in [0.25, 0.3) is 0 Å². The lowest BCUT2D eigenvalue weighted by atomic mass is 10.0. The van der Waals surface area contributed by atoms with Gasteiger partial charge in [0, 0.05) is 23.8 Å². The molecule has 4 rings (SSSR count). The summed E-state index contributed by atoms with van der Waals surface area (Å²) in [5, 5.41) is 2.94. The van der Waals surface area contributed by atoms with Crippen LogP contribution in [0.3, 0.4) is 0 Å². The summed E-state index contributed by atoms with van der Waals surface area (Å²) in [6.07, 6.45) is 5.78. The topological polar surface area (TPSA) is 17.8 Å². The highest BCUT2D eigenvalue weighted by molar-refractivity contribution is 7.99. The van der Waals surface area contributed by atoms with E-state index < -0.39 is 0 Å². The maximum atomic E-state index is 4.20. The summed E-state index contributed by atoms with van der Waals surface area (Å²) < 4.78 is 2.16. The molecule has 0 saturated carbocycles. The molecule has 0 fully saturated rings.